The molecule has 0 aromatic carbocycles. The van der Waals surface area contributed by atoms with Crippen LogP contribution in [0.3, 0.4) is 0 Å². The number of nitrogens with one attached hydrogen (secondary N) is 1. The lowest BCUT2D eigenvalue weighted by Crippen LogP contribution is -2.40. The van der Waals surface area contributed by atoms with Gasteiger partial charge in [-0.1, -0.05) is 0 Å². The summed E-state index contributed by atoms with van der Waals surface area (Å²) in [5.74, 6) is -0.0837. The molecule has 5 heteroatoms. The van der Waals surface area contributed by atoms with E-state index in [-0.39, 0.29) is 17.4 Å². The maximum Gasteiger partial charge on any atom is 0.150 e. The summed E-state index contributed by atoms with van der Waals surface area (Å²) < 4.78 is 37.0. The van der Waals surface area contributed by atoms with Crippen LogP contribution < -0.4 is 5.32 Å². The number of hydrogen-bond donors (Lipinski definition) is 1. The van der Waals surface area contributed by atoms with E-state index in [1.165, 1.54) is 6.92 Å². The molecule has 3 nitrogen and oxygen atoms in total. The lowest BCUT2D eigenvalue weighted by Gasteiger charge is -2.33. The lowest BCUT2D eigenvalue weighted by molar-refractivity contribution is 0.0954. The number of halogens is 1. The molecule has 1 aliphatic heterocycles. The number of hydrogen-bond acceptors (Lipinski definition) is 3. The summed E-state index contributed by atoms with van der Waals surface area (Å²) in [5, 5.41) is 2.89. The minimum absolute atomic E-state index is 0.0176. The van der Waals surface area contributed by atoms with Crippen molar-refractivity contribution in [2.24, 2.45) is 5.92 Å². The Hall–Kier alpha value is -0.160. The van der Waals surface area contributed by atoms with Gasteiger partial charge in [0.05, 0.1) is 11.5 Å². The first kappa shape index (κ1) is 12.9. The van der Waals surface area contributed by atoms with Crippen LogP contribution in [0, 0.1) is 5.92 Å². The van der Waals surface area contributed by atoms with Gasteiger partial charge in [-0.3, -0.25) is 0 Å². The predicted molar refractivity (Wildman–Crippen MR) is 59.4 cm³/mol. The van der Waals surface area contributed by atoms with Gasteiger partial charge in [0.2, 0.25) is 0 Å². The van der Waals surface area contributed by atoms with Gasteiger partial charge in [-0.2, -0.15) is 0 Å². The molecule has 1 saturated heterocycles. The largest absolute Gasteiger partial charge is 0.320 e. The van der Waals surface area contributed by atoms with Crippen LogP contribution in [0.2, 0.25) is 0 Å². The van der Waals surface area contributed by atoms with Gasteiger partial charge in [-0.15, -0.1) is 0 Å². The molecule has 0 spiro atoms. The Kier molecular flexibility index (Phi) is 4.12. The minimum atomic E-state index is -3.00. The lowest BCUT2D eigenvalue weighted by atomic mass is 9.86. The Bertz CT molecular complexity index is 301. The first-order valence-electron chi connectivity index (χ1n) is 5.41. The molecular formula is C10H20FNO2S. The van der Waals surface area contributed by atoms with Crippen LogP contribution in [0.1, 0.15) is 26.2 Å². The second-order valence-corrected chi connectivity index (χ2v) is 6.81. The quantitative estimate of drug-likeness (QED) is 0.798. The fourth-order valence-electron chi connectivity index (χ4n) is 2.07. The molecule has 15 heavy (non-hydrogen) atoms. The molecule has 0 bridgehead atoms. The summed E-state index contributed by atoms with van der Waals surface area (Å²) in [6.07, 6.45) is 1.67. The van der Waals surface area contributed by atoms with Gasteiger partial charge in [0.1, 0.15) is 5.67 Å². The molecule has 1 N–H and O–H groups in total. The van der Waals surface area contributed by atoms with Crippen LogP contribution in [-0.2, 0) is 9.84 Å². The van der Waals surface area contributed by atoms with Crippen molar-refractivity contribution in [3.8, 4) is 0 Å². The average molecular weight is 237 g/mol. The zero-order valence-corrected chi connectivity index (χ0v) is 10.2. The molecule has 0 aromatic heterocycles. The van der Waals surface area contributed by atoms with E-state index in [1.807, 2.05) is 0 Å². The van der Waals surface area contributed by atoms with Gasteiger partial charge in [0.25, 0.3) is 0 Å². The second-order valence-electron chi connectivity index (χ2n) is 4.59. The third-order valence-corrected chi connectivity index (χ3v) is 5.00. The van der Waals surface area contributed by atoms with Crippen molar-refractivity contribution >= 4 is 9.84 Å². The molecule has 90 valence electrons. The predicted octanol–water partition coefficient (Wildman–Crippen LogP) is 1.15. The second kappa shape index (κ2) is 4.78. The molecule has 2 unspecified atom stereocenters. The van der Waals surface area contributed by atoms with Crippen LogP contribution in [0.15, 0.2) is 0 Å². The van der Waals surface area contributed by atoms with Gasteiger partial charge >= 0.3 is 0 Å². The summed E-state index contributed by atoms with van der Waals surface area (Å²) in [6, 6.07) is 0. The topological polar surface area (TPSA) is 46.2 Å². The van der Waals surface area contributed by atoms with Crippen molar-refractivity contribution in [1.29, 1.82) is 0 Å². The summed E-state index contributed by atoms with van der Waals surface area (Å²) in [6.45, 7) is 2.11. The van der Waals surface area contributed by atoms with Crippen LogP contribution >= 0.6 is 0 Å². The zero-order valence-electron chi connectivity index (χ0n) is 9.42. The van der Waals surface area contributed by atoms with Crippen LogP contribution in [0.4, 0.5) is 4.39 Å². The molecule has 0 aromatic rings. The van der Waals surface area contributed by atoms with Gasteiger partial charge < -0.3 is 5.32 Å². The number of rotatable bonds is 4. The molecule has 2 atom stereocenters. The van der Waals surface area contributed by atoms with Crippen molar-refractivity contribution in [3.63, 3.8) is 0 Å². The molecule has 1 aliphatic rings. The van der Waals surface area contributed by atoms with Gasteiger partial charge in [0, 0.05) is 5.92 Å². The maximum absolute atomic E-state index is 14.2. The molecule has 1 heterocycles. The van der Waals surface area contributed by atoms with Gasteiger partial charge in [0.15, 0.2) is 9.84 Å². The fourth-order valence-corrected chi connectivity index (χ4v) is 3.97. The van der Waals surface area contributed by atoms with Gasteiger partial charge in [-0.05, 0) is 39.8 Å². The molecule has 0 saturated carbocycles. The van der Waals surface area contributed by atoms with Crippen molar-refractivity contribution in [2.45, 2.75) is 31.9 Å². The Morgan fingerprint density at radius 1 is 1.53 bits per heavy atom. The van der Waals surface area contributed by atoms with E-state index in [0.717, 1.165) is 0 Å². The van der Waals surface area contributed by atoms with E-state index in [2.05, 4.69) is 5.32 Å². The molecule has 0 aliphatic carbocycles. The molecule has 1 fully saturated rings. The first-order valence-corrected chi connectivity index (χ1v) is 7.23. The molecule has 0 amide bonds. The van der Waals surface area contributed by atoms with E-state index < -0.39 is 15.5 Å². The monoisotopic (exact) mass is 237 g/mol. The van der Waals surface area contributed by atoms with Crippen LogP contribution in [-0.4, -0.2) is 39.2 Å². The van der Waals surface area contributed by atoms with Gasteiger partial charge in [-0.25, -0.2) is 12.8 Å². The minimum Gasteiger partial charge on any atom is -0.320 e. The van der Waals surface area contributed by atoms with Crippen LogP contribution in [0.5, 0.6) is 0 Å². The highest BCUT2D eigenvalue weighted by molar-refractivity contribution is 7.91. The fraction of sp³-hybridized carbons (Fsp3) is 1.00. The third kappa shape index (κ3) is 3.72. The Labute approximate surface area is 91.4 Å². The Balaban J connectivity index is 2.62. The van der Waals surface area contributed by atoms with E-state index in [1.54, 1.807) is 7.05 Å². The zero-order chi connectivity index (χ0) is 11.5. The summed E-state index contributed by atoms with van der Waals surface area (Å²) in [5.41, 5.74) is -1.36. The van der Waals surface area contributed by atoms with E-state index >= 15 is 0 Å². The molecule has 1 rings (SSSR count). The number of alkyl halides is 1. The normalized spacial score (nSPS) is 29.7. The SMILES string of the molecule is CNCCC(C)(F)C1CCCS(=O)(=O)C1. The number of sulfone groups is 1. The average Bonchev–Trinajstić information content (AvgIpc) is 2.13. The highest BCUT2D eigenvalue weighted by Gasteiger charge is 2.38. The third-order valence-electron chi connectivity index (χ3n) is 3.18. The van der Waals surface area contributed by atoms with Crippen molar-refractivity contribution in [1.82, 2.24) is 5.32 Å². The van der Waals surface area contributed by atoms with E-state index in [9.17, 15) is 12.8 Å². The summed E-state index contributed by atoms with van der Waals surface area (Å²) in [4.78, 5) is 0. The van der Waals surface area contributed by atoms with Crippen molar-refractivity contribution in [3.05, 3.63) is 0 Å². The Morgan fingerprint density at radius 3 is 2.73 bits per heavy atom. The molecular weight excluding hydrogens is 217 g/mol. The summed E-state index contributed by atoms with van der Waals surface area (Å²) >= 11 is 0. The van der Waals surface area contributed by atoms with E-state index in [4.69, 9.17) is 0 Å². The van der Waals surface area contributed by atoms with Crippen LogP contribution in [0.25, 0.3) is 0 Å². The first-order chi connectivity index (χ1) is 6.87. The highest BCUT2D eigenvalue weighted by atomic mass is 32.2. The Morgan fingerprint density at radius 2 is 2.20 bits per heavy atom. The van der Waals surface area contributed by atoms with Crippen molar-refractivity contribution in [2.75, 3.05) is 25.1 Å². The highest BCUT2D eigenvalue weighted by Crippen LogP contribution is 2.33. The summed E-state index contributed by atoms with van der Waals surface area (Å²) in [7, 11) is -1.23. The standard InChI is InChI=1S/C10H20FNO2S/c1-10(11,5-6-12-2)9-4-3-7-15(13,14)8-9/h9,12H,3-8H2,1-2H3. The smallest absolute Gasteiger partial charge is 0.150 e. The molecule has 0 radical (unpaired) electrons. The maximum atomic E-state index is 14.2. The van der Waals surface area contributed by atoms with Crippen molar-refractivity contribution < 1.29 is 12.8 Å². The van der Waals surface area contributed by atoms with E-state index in [0.29, 0.717) is 25.8 Å².